The lowest BCUT2D eigenvalue weighted by Crippen LogP contribution is -2.41. The van der Waals surface area contributed by atoms with Crippen LogP contribution < -0.4 is 0 Å². The third-order valence-corrected chi connectivity index (χ3v) is 4.72. The van der Waals surface area contributed by atoms with Crippen LogP contribution in [0.2, 0.25) is 0 Å². The number of rotatable bonds is 2. The molecule has 4 rings (SSSR count). The van der Waals surface area contributed by atoms with E-state index in [1.54, 1.807) is 29.4 Å². The Morgan fingerprint density at radius 3 is 2.38 bits per heavy atom. The molecule has 29 heavy (non-hydrogen) atoms. The summed E-state index contributed by atoms with van der Waals surface area (Å²) in [4.78, 5) is 18.4. The van der Waals surface area contributed by atoms with Gasteiger partial charge in [0.1, 0.15) is 17.1 Å². The first kappa shape index (κ1) is 19.1. The monoisotopic (exact) mass is 394 g/mol. The van der Waals surface area contributed by atoms with E-state index in [0.717, 1.165) is 28.1 Å². The van der Waals surface area contributed by atoms with Crippen LogP contribution in [0.4, 0.5) is 9.18 Å². The zero-order valence-corrected chi connectivity index (χ0v) is 16.7. The highest BCUT2D eigenvalue weighted by molar-refractivity contribution is 5.83. The fourth-order valence-corrected chi connectivity index (χ4v) is 3.43. The first-order chi connectivity index (χ1) is 13.8. The number of aromatic nitrogens is 3. The van der Waals surface area contributed by atoms with Gasteiger partial charge < -0.3 is 9.64 Å². The van der Waals surface area contributed by atoms with Crippen molar-refractivity contribution in [2.75, 3.05) is 6.54 Å². The summed E-state index contributed by atoms with van der Waals surface area (Å²) in [6, 6.07) is 10.1. The molecule has 0 spiro atoms. The normalized spacial score (nSPS) is 13.9. The number of benzene rings is 1. The minimum Gasteiger partial charge on any atom is -0.444 e. The van der Waals surface area contributed by atoms with Gasteiger partial charge in [-0.3, -0.25) is 9.67 Å². The van der Waals surface area contributed by atoms with Gasteiger partial charge >= 0.3 is 6.09 Å². The highest BCUT2D eigenvalue weighted by atomic mass is 19.1. The first-order valence-corrected chi connectivity index (χ1v) is 9.56. The van der Waals surface area contributed by atoms with E-state index in [4.69, 9.17) is 9.84 Å². The maximum absolute atomic E-state index is 13.4. The van der Waals surface area contributed by atoms with E-state index in [1.165, 1.54) is 12.1 Å². The van der Waals surface area contributed by atoms with Gasteiger partial charge in [0.25, 0.3) is 0 Å². The number of pyridine rings is 1. The third-order valence-electron chi connectivity index (χ3n) is 4.72. The van der Waals surface area contributed by atoms with E-state index in [-0.39, 0.29) is 11.9 Å². The third kappa shape index (κ3) is 3.99. The number of hydrogen-bond acceptors (Lipinski definition) is 4. The van der Waals surface area contributed by atoms with Crippen LogP contribution in [0.5, 0.6) is 0 Å². The Bertz CT molecular complexity index is 1020. The van der Waals surface area contributed by atoms with Crippen LogP contribution in [-0.2, 0) is 17.8 Å². The second-order valence-corrected chi connectivity index (χ2v) is 8.04. The van der Waals surface area contributed by atoms with Crippen molar-refractivity contribution in [2.24, 2.45) is 0 Å². The molecule has 0 N–H and O–H groups in total. The number of fused-ring (bicyclic) bond motifs is 1. The van der Waals surface area contributed by atoms with Crippen LogP contribution in [0, 0.1) is 5.82 Å². The minimum absolute atomic E-state index is 0.292. The molecule has 0 atom stereocenters. The van der Waals surface area contributed by atoms with Crippen LogP contribution in [0.1, 0.15) is 26.5 Å². The van der Waals surface area contributed by atoms with Crippen molar-refractivity contribution in [2.45, 2.75) is 39.5 Å². The van der Waals surface area contributed by atoms with Crippen LogP contribution in [0.3, 0.4) is 0 Å². The van der Waals surface area contributed by atoms with Gasteiger partial charge in [-0.15, -0.1) is 0 Å². The molecule has 0 unspecified atom stereocenters. The largest absolute Gasteiger partial charge is 0.444 e. The summed E-state index contributed by atoms with van der Waals surface area (Å²) in [5, 5.41) is 4.79. The van der Waals surface area contributed by atoms with Gasteiger partial charge in [0, 0.05) is 30.1 Å². The van der Waals surface area contributed by atoms with Crippen molar-refractivity contribution in [1.29, 1.82) is 0 Å². The zero-order valence-electron chi connectivity index (χ0n) is 16.7. The van der Waals surface area contributed by atoms with E-state index in [0.29, 0.717) is 19.6 Å². The summed E-state index contributed by atoms with van der Waals surface area (Å²) >= 11 is 0. The Labute approximate surface area is 168 Å². The van der Waals surface area contributed by atoms with Gasteiger partial charge in [-0.25, -0.2) is 9.18 Å². The van der Waals surface area contributed by atoms with Crippen molar-refractivity contribution in [3.05, 3.63) is 60.3 Å². The highest BCUT2D eigenvalue weighted by Gasteiger charge is 2.30. The lowest BCUT2D eigenvalue weighted by atomic mass is 9.99. The minimum atomic E-state index is -0.554. The number of hydrogen-bond donors (Lipinski definition) is 0. The summed E-state index contributed by atoms with van der Waals surface area (Å²) in [5.41, 5.74) is 3.83. The molecule has 6 nitrogen and oxygen atoms in total. The fourth-order valence-electron chi connectivity index (χ4n) is 3.43. The van der Waals surface area contributed by atoms with Crippen molar-refractivity contribution >= 4 is 6.09 Å². The topological polar surface area (TPSA) is 60.2 Å². The predicted octanol–water partition coefficient (Wildman–Crippen LogP) is 4.50. The molecule has 0 radical (unpaired) electrons. The number of ether oxygens (including phenoxy) is 1. The van der Waals surface area contributed by atoms with Crippen LogP contribution in [0.25, 0.3) is 22.4 Å². The molecule has 150 valence electrons. The molecular formula is C22H23FN4O2. The maximum Gasteiger partial charge on any atom is 0.410 e. The molecule has 3 aromatic rings. The Kier molecular flexibility index (Phi) is 4.82. The molecule has 3 heterocycles. The number of carbonyl (C=O) groups excluding carboxylic acids is 1. The average Bonchev–Trinajstić information content (AvgIpc) is 3.06. The maximum atomic E-state index is 13.4. The van der Waals surface area contributed by atoms with Crippen LogP contribution in [0.15, 0.2) is 48.8 Å². The number of carbonyl (C=O) groups is 1. The van der Waals surface area contributed by atoms with E-state index in [2.05, 4.69) is 4.98 Å². The molecule has 0 fully saturated rings. The summed E-state index contributed by atoms with van der Waals surface area (Å²) in [7, 11) is 0. The van der Waals surface area contributed by atoms with Gasteiger partial charge in [-0.05, 0) is 62.7 Å². The molecule has 1 aliphatic heterocycles. The molecular weight excluding hydrogens is 371 g/mol. The summed E-state index contributed by atoms with van der Waals surface area (Å²) in [5.74, 6) is -0.292. The smallest absolute Gasteiger partial charge is 0.410 e. The van der Waals surface area contributed by atoms with Gasteiger partial charge in [0.15, 0.2) is 0 Å². The van der Waals surface area contributed by atoms with Gasteiger partial charge in [0.2, 0.25) is 0 Å². The van der Waals surface area contributed by atoms with Crippen molar-refractivity contribution in [1.82, 2.24) is 19.7 Å². The van der Waals surface area contributed by atoms with E-state index < -0.39 is 5.60 Å². The summed E-state index contributed by atoms with van der Waals surface area (Å²) in [6.45, 7) is 7.03. The van der Waals surface area contributed by atoms with E-state index in [9.17, 15) is 9.18 Å². The lowest BCUT2D eigenvalue weighted by molar-refractivity contribution is 0.0195. The van der Waals surface area contributed by atoms with Crippen molar-refractivity contribution in [3.8, 4) is 22.4 Å². The van der Waals surface area contributed by atoms with Gasteiger partial charge in [-0.1, -0.05) is 0 Å². The molecule has 0 saturated heterocycles. The standard InChI is InChI=1S/C22H23FN4O2/c1-22(2,3)29-21(28)26-12-13-27-18(14-26)19(15-8-10-24-11-9-15)20(25-27)16-4-6-17(23)7-5-16/h4-11H,12-14H2,1-3H3. The van der Waals surface area contributed by atoms with Gasteiger partial charge in [0.05, 0.1) is 18.8 Å². The average molecular weight is 394 g/mol. The number of halogens is 1. The molecule has 1 aliphatic rings. The lowest BCUT2D eigenvalue weighted by Gasteiger charge is -2.30. The van der Waals surface area contributed by atoms with Gasteiger partial charge in [-0.2, -0.15) is 5.10 Å². The second-order valence-electron chi connectivity index (χ2n) is 8.04. The summed E-state index contributed by atoms with van der Waals surface area (Å²) in [6.07, 6.45) is 3.11. The first-order valence-electron chi connectivity index (χ1n) is 9.56. The quantitative estimate of drug-likeness (QED) is 0.642. The van der Waals surface area contributed by atoms with E-state index in [1.807, 2.05) is 37.6 Å². The number of amides is 1. The second kappa shape index (κ2) is 7.31. The number of nitrogens with zero attached hydrogens (tertiary/aromatic N) is 4. The SMILES string of the molecule is CC(C)(C)OC(=O)N1CCn2nc(-c3ccc(F)cc3)c(-c3ccncc3)c2C1. The Balaban J connectivity index is 1.77. The van der Waals surface area contributed by atoms with Crippen LogP contribution >= 0.6 is 0 Å². The fraction of sp³-hybridized carbons (Fsp3) is 0.318. The molecule has 7 heteroatoms. The zero-order chi connectivity index (χ0) is 20.6. The molecule has 0 saturated carbocycles. The molecule has 0 bridgehead atoms. The van der Waals surface area contributed by atoms with Crippen molar-refractivity contribution in [3.63, 3.8) is 0 Å². The summed E-state index contributed by atoms with van der Waals surface area (Å²) < 4.78 is 20.9. The van der Waals surface area contributed by atoms with Crippen molar-refractivity contribution < 1.29 is 13.9 Å². The molecule has 1 amide bonds. The Morgan fingerprint density at radius 1 is 1.03 bits per heavy atom. The van der Waals surface area contributed by atoms with E-state index >= 15 is 0 Å². The predicted molar refractivity (Wildman–Crippen MR) is 107 cm³/mol. The molecule has 2 aromatic heterocycles. The van der Waals surface area contributed by atoms with Crippen LogP contribution in [-0.4, -0.2) is 37.9 Å². The molecule has 1 aromatic carbocycles. The molecule has 0 aliphatic carbocycles. The Hall–Kier alpha value is -3.22. The Morgan fingerprint density at radius 2 is 1.72 bits per heavy atom. The highest BCUT2D eigenvalue weighted by Crippen LogP contribution is 2.36.